The van der Waals surface area contributed by atoms with Crippen molar-refractivity contribution >= 4 is 28.5 Å². The van der Waals surface area contributed by atoms with Crippen molar-refractivity contribution in [2.45, 2.75) is 19.9 Å². The highest BCUT2D eigenvalue weighted by atomic mass is 35.5. The van der Waals surface area contributed by atoms with Gasteiger partial charge in [-0.15, -0.1) is 5.10 Å². The van der Waals surface area contributed by atoms with Crippen molar-refractivity contribution in [3.8, 4) is 5.82 Å². The first-order chi connectivity index (χ1) is 13.4. The van der Waals surface area contributed by atoms with Crippen LogP contribution in [0.15, 0.2) is 35.3 Å². The van der Waals surface area contributed by atoms with E-state index in [1.165, 1.54) is 4.68 Å². The van der Waals surface area contributed by atoms with E-state index in [1.807, 2.05) is 0 Å². The Balaban J connectivity index is 1.67. The van der Waals surface area contributed by atoms with E-state index in [0.717, 1.165) is 6.07 Å². The topological polar surface area (TPSA) is 114 Å². The van der Waals surface area contributed by atoms with E-state index < -0.39 is 17.4 Å². The Morgan fingerprint density at radius 2 is 2.14 bits per heavy atom. The fourth-order valence-corrected chi connectivity index (χ4v) is 3.04. The molecule has 0 aliphatic carbocycles. The van der Waals surface area contributed by atoms with E-state index in [0.29, 0.717) is 22.6 Å². The summed E-state index contributed by atoms with van der Waals surface area (Å²) in [4.78, 5) is 23.5. The Morgan fingerprint density at radius 3 is 2.89 bits per heavy atom. The van der Waals surface area contributed by atoms with E-state index in [2.05, 4.69) is 35.8 Å². The van der Waals surface area contributed by atoms with Crippen LogP contribution in [0, 0.1) is 12.7 Å². The number of nitrogens with zero attached hydrogens (tertiary/aromatic N) is 6. The summed E-state index contributed by atoms with van der Waals surface area (Å²) in [5, 5.41) is 15.1. The molecule has 0 bridgehead atoms. The van der Waals surface area contributed by atoms with Gasteiger partial charge in [-0.25, -0.2) is 9.37 Å². The molecule has 4 rings (SSSR count). The molecule has 4 aromatic rings. The molecular formula is C17H14ClFN8O. The second-order valence-electron chi connectivity index (χ2n) is 6.15. The fourth-order valence-electron chi connectivity index (χ4n) is 2.83. The molecule has 142 valence electrons. The van der Waals surface area contributed by atoms with Gasteiger partial charge >= 0.3 is 0 Å². The normalized spacial score (nSPS) is 12.3. The summed E-state index contributed by atoms with van der Waals surface area (Å²) in [6.07, 6.45) is 1.55. The summed E-state index contributed by atoms with van der Waals surface area (Å²) in [7, 11) is 0. The van der Waals surface area contributed by atoms with Crippen molar-refractivity contribution in [3.05, 3.63) is 63.0 Å². The number of aromatic amines is 1. The number of aryl methyl sites for hydroxylation is 1. The van der Waals surface area contributed by atoms with Gasteiger partial charge in [0.2, 0.25) is 5.95 Å². The van der Waals surface area contributed by atoms with Crippen molar-refractivity contribution < 1.29 is 4.39 Å². The quantitative estimate of drug-likeness (QED) is 0.541. The molecule has 0 aliphatic rings. The van der Waals surface area contributed by atoms with Crippen LogP contribution in [0.4, 0.5) is 10.3 Å². The molecule has 0 aliphatic heterocycles. The number of anilines is 1. The van der Waals surface area contributed by atoms with Crippen molar-refractivity contribution in [3.63, 3.8) is 0 Å². The van der Waals surface area contributed by atoms with Gasteiger partial charge in [-0.3, -0.25) is 4.79 Å². The number of tetrazole rings is 1. The van der Waals surface area contributed by atoms with Gasteiger partial charge in [-0.05, 0) is 42.5 Å². The molecule has 3 heterocycles. The summed E-state index contributed by atoms with van der Waals surface area (Å²) in [5.41, 5.74) is 0.0840. The summed E-state index contributed by atoms with van der Waals surface area (Å²) in [6.45, 7) is 3.52. The maximum absolute atomic E-state index is 14.0. The molecule has 11 heteroatoms. The molecule has 0 unspecified atom stereocenters. The summed E-state index contributed by atoms with van der Waals surface area (Å²) >= 11 is 5.92. The van der Waals surface area contributed by atoms with Crippen molar-refractivity contribution in [1.82, 2.24) is 35.2 Å². The molecule has 3 aromatic heterocycles. The van der Waals surface area contributed by atoms with Gasteiger partial charge in [0.25, 0.3) is 5.56 Å². The Labute approximate surface area is 162 Å². The van der Waals surface area contributed by atoms with Gasteiger partial charge in [0.05, 0.1) is 11.6 Å². The van der Waals surface area contributed by atoms with Gasteiger partial charge in [0, 0.05) is 28.2 Å². The molecule has 0 saturated carbocycles. The maximum atomic E-state index is 14.0. The first-order valence-corrected chi connectivity index (χ1v) is 8.67. The van der Waals surface area contributed by atoms with Gasteiger partial charge < -0.3 is 10.3 Å². The lowest BCUT2D eigenvalue weighted by molar-refractivity contribution is 0.636. The van der Waals surface area contributed by atoms with E-state index in [-0.39, 0.29) is 16.5 Å². The van der Waals surface area contributed by atoms with Gasteiger partial charge in [-0.2, -0.15) is 9.67 Å². The molecule has 0 spiro atoms. The lowest BCUT2D eigenvalue weighted by atomic mass is 10.1. The highest BCUT2D eigenvalue weighted by molar-refractivity contribution is 6.31. The van der Waals surface area contributed by atoms with Crippen LogP contribution in [0.2, 0.25) is 5.02 Å². The number of aromatic nitrogens is 7. The highest BCUT2D eigenvalue weighted by Crippen LogP contribution is 2.23. The largest absolute Gasteiger partial charge is 0.347 e. The molecule has 1 atom stereocenters. The molecule has 2 N–H and O–H groups in total. The molecule has 0 saturated heterocycles. The van der Waals surface area contributed by atoms with Gasteiger partial charge in [0.1, 0.15) is 5.82 Å². The van der Waals surface area contributed by atoms with Crippen LogP contribution < -0.4 is 10.9 Å². The second kappa shape index (κ2) is 6.97. The van der Waals surface area contributed by atoms with E-state index >= 15 is 0 Å². The molecule has 0 radical (unpaired) electrons. The molecular weight excluding hydrogens is 387 g/mol. The minimum atomic E-state index is -0.584. The van der Waals surface area contributed by atoms with Crippen LogP contribution in [-0.4, -0.2) is 35.2 Å². The first kappa shape index (κ1) is 18.0. The average molecular weight is 401 g/mol. The minimum absolute atomic E-state index is 0.109. The molecule has 1 aromatic carbocycles. The third-order valence-electron chi connectivity index (χ3n) is 4.19. The number of hydrogen-bond acceptors (Lipinski definition) is 7. The highest BCUT2D eigenvalue weighted by Gasteiger charge is 2.15. The Morgan fingerprint density at radius 1 is 1.32 bits per heavy atom. The standard InChI is InChI=1S/C17H14ClFN8O/c1-8(12-6-10-5-11(18)7-13(19)15(10)23-16(12)28)21-17-20-4-3-14(22-17)27-9(2)24-25-26-27/h3-8H,1-2H3,(H,23,28)(H,20,21,22)/t8-/m0/s1. The summed E-state index contributed by atoms with van der Waals surface area (Å²) in [5.74, 6) is 0.757. The Bertz CT molecular complexity index is 1240. The lowest BCUT2D eigenvalue weighted by Gasteiger charge is -2.15. The fraction of sp³-hybridized carbons (Fsp3) is 0.176. The van der Waals surface area contributed by atoms with E-state index in [4.69, 9.17) is 11.6 Å². The first-order valence-electron chi connectivity index (χ1n) is 8.29. The Hall–Kier alpha value is -3.40. The SMILES string of the molecule is Cc1nnnn1-c1ccnc(N[C@@H](C)c2cc3cc(Cl)cc(F)c3[nH]c2=O)n1. The third-order valence-corrected chi connectivity index (χ3v) is 4.41. The smallest absolute Gasteiger partial charge is 0.253 e. The number of benzene rings is 1. The number of nitrogens with one attached hydrogen (secondary N) is 2. The van der Waals surface area contributed by atoms with E-state index in [1.54, 1.807) is 38.2 Å². The monoisotopic (exact) mass is 400 g/mol. The number of pyridine rings is 1. The zero-order valence-electron chi connectivity index (χ0n) is 14.8. The molecule has 9 nitrogen and oxygen atoms in total. The number of fused-ring (bicyclic) bond motifs is 1. The predicted molar refractivity (Wildman–Crippen MR) is 101 cm³/mol. The van der Waals surface area contributed by atoms with Crippen LogP contribution >= 0.6 is 11.6 Å². The van der Waals surface area contributed by atoms with E-state index in [9.17, 15) is 9.18 Å². The zero-order valence-corrected chi connectivity index (χ0v) is 15.6. The number of hydrogen-bond donors (Lipinski definition) is 2. The third kappa shape index (κ3) is 3.29. The van der Waals surface area contributed by atoms with Crippen LogP contribution in [0.5, 0.6) is 0 Å². The maximum Gasteiger partial charge on any atom is 0.253 e. The molecule has 0 fully saturated rings. The Kier molecular flexibility index (Phi) is 4.47. The molecule has 28 heavy (non-hydrogen) atoms. The van der Waals surface area contributed by atoms with Gasteiger partial charge in [-0.1, -0.05) is 11.6 Å². The average Bonchev–Trinajstić information content (AvgIpc) is 3.08. The zero-order chi connectivity index (χ0) is 19.8. The summed E-state index contributed by atoms with van der Waals surface area (Å²) in [6, 6.07) is 5.54. The van der Waals surface area contributed by atoms with Crippen LogP contribution in [-0.2, 0) is 0 Å². The lowest BCUT2D eigenvalue weighted by Crippen LogP contribution is -2.20. The van der Waals surface area contributed by atoms with Crippen molar-refractivity contribution in [2.24, 2.45) is 0 Å². The number of H-pyrrole nitrogens is 1. The van der Waals surface area contributed by atoms with Crippen molar-refractivity contribution in [1.29, 1.82) is 0 Å². The predicted octanol–water partition coefficient (Wildman–Crippen LogP) is 2.57. The minimum Gasteiger partial charge on any atom is -0.347 e. The molecule has 0 amide bonds. The van der Waals surface area contributed by atoms with Crippen LogP contribution in [0.25, 0.3) is 16.7 Å². The van der Waals surface area contributed by atoms with Crippen LogP contribution in [0.3, 0.4) is 0 Å². The van der Waals surface area contributed by atoms with Crippen molar-refractivity contribution in [2.75, 3.05) is 5.32 Å². The second-order valence-corrected chi connectivity index (χ2v) is 6.58. The number of halogens is 2. The van der Waals surface area contributed by atoms with Crippen LogP contribution in [0.1, 0.15) is 24.4 Å². The van der Waals surface area contributed by atoms with Gasteiger partial charge in [0.15, 0.2) is 11.6 Å². The summed E-state index contributed by atoms with van der Waals surface area (Å²) < 4.78 is 15.5. The number of rotatable bonds is 4.